The molecule has 0 aromatic heterocycles. The molecule has 26 heavy (non-hydrogen) atoms. The van der Waals surface area contributed by atoms with Gasteiger partial charge in [0.2, 0.25) is 12.8 Å². The van der Waals surface area contributed by atoms with Gasteiger partial charge in [-0.15, -0.1) is 0 Å². The largest absolute Gasteiger partial charge is 0.461 e. The minimum atomic E-state index is -2.35. The average molecular weight is 363 g/mol. The van der Waals surface area contributed by atoms with Crippen LogP contribution in [0, 0.1) is 5.92 Å². The molecule has 0 radical (unpaired) electrons. The van der Waals surface area contributed by atoms with Crippen molar-refractivity contribution in [3.05, 3.63) is 72.5 Å². The second-order valence-corrected chi connectivity index (χ2v) is 5.80. The van der Waals surface area contributed by atoms with Crippen molar-refractivity contribution >= 4 is 12.3 Å². The van der Waals surface area contributed by atoms with Gasteiger partial charge in [0.05, 0.1) is 5.70 Å². The molecule has 0 amide bonds. The number of halogens is 3. The Morgan fingerprint density at radius 2 is 1.81 bits per heavy atom. The average Bonchev–Trinajstić information content (AvgIpc) is 2.57. The molecule has 5 heteroatoms. The highest BCUT2D eigenvalue weighted by atomic mass is 19.3. The van der Waals surface area contributed by atoms with Crippen molar-refractivity contribution in [3.8, 4) is 5.75 Å². The molecule has 0 bridgehead atoms. The van der Waals surface area contributed by atoms with E-state index in [1.165, 1.54) is 6.92 Å². The molecule has 1 aromatic rings. The van der Waals surface area contributed by atoms with Gasteiger partial charge < -0.3 is 4.74 Å². The van der Waals surface area contributed by atoms with Crippen molar-refractivity contribution in [2.75, 3.05) is 0 Å². The molecule has 0 aliphatic carbocycles. The van der Waals surface area contributed by atoms with E-state index in [9.17, 15) is 13.2 Å². The standard InChI is InChI=1S/C21H24F3NO/c1-6-19(17-9-11-18(12-10-17)26-16(4)22)21(25-5)15(3)8-7-14(2)13-20(23)24/h6-12,14,16,20H,1,3,5,13H2,2,4H3/b8-7-,21-19-. The first kappa shape index (κ1) is 21.5. The van der Waals surface area contributed by atoms with E-state index in [4.69, 9.17) is 4.74 Å². The monoisotopic (exact) mass is 363 g/mol. The number of aliphatic imine (C=N–C) groups is 1. The highest BCUT2D eigenvalue weighted by Crippen LogP contribution is 2.28. The van der Waals surface area contributed by atoms with Gasteiger partial charge in [0.1, 0.15) is 5.75 Å². The second kappa shape index (κ2) is 10.4. The zero-order valence-electron chi connectivity index (χ0n) is 15.1. The molecule has 2 unspecified atom stereocenters. The lowest BCUT2D eigenvalue weighted by atomic mass is 9.99. The van der Waals surface area contributed by atoms with Gasteiger partial charge in [0.15, 0.2) is 0 Å². The number of alkyl halides is 3. The predicted molar refractivity (Wildman–Crippen MR) is 102 cm³/mol. The number of ether oxygens (including phenoxy) is 1. The number of benzene rings is 1. The summed E-state index contributed by atoms with van der Waals surface area (Å²) in [5.74, 6) is 0.115. The molecule has 0 N–H and O–H groups in total. The fraction of sp³-hybridized carbons (Fsp3) is 0.286. The van der Waals surface area contributed by atoms with E-state index in [0.717, 1.165) is 5.56 Å². The van der Waals surface area contributed by atoms with Crippen LogP contribution in [0.5, 0.6) is 5.75 Å². The Hall–Kier alpha value is -2.56. The van der Waals surface area contributed by atoms with Gasteiger partial charge in [0.25, 0.3) is 0 Å². The number of allylic oxidation sites excluding steroid dienone is 4. The van der Waals surface area contributed by atoms with Crippen LogP contribution in [-0.4, -0.2) is 19.5 Å². The lowest BCUT2D eigenvalue weighted by molar-refractivity contribution is 0.0860. The van der Waals surface area contributed by atoms with Crippen molar-refractivity contribution in [2.24, 2.45) is 10.9 Å². The van der Waals surface area contributed by atoms with Crippen LogP contribution in [0.3, 0.4) is 0 Å². The summed E-state index contributed by atoms with van der Waals surface area (Å²) < 4.78 is 42.7. The van der Waals surface area contributed by atoms with Crippen LogP contribution in [0.4, 0.5) is 13.2 Å². The summed E-state index contributed by atoms with van der Waals surface area (Å²) >= 11 is 0. The predicted octanol–water partition coefficient (Wildman–Crippen LogP) is 6.38. The summed E-state index contributed by atoms with van der Waals surface area (Å²) in [5.41, 5.74) is 2.48. The maximum Gasteiger partial charge on any atom is 0.239 e. The van der Waals surface area contributed by atoms with E-state index in [1.54, 1.807) is 49.4 Å². The Labute approximate surface area is 153 Å². The Morgan fingerprint density at radius 3 is 2.27 bits per heavy atom. The highest BCUT2D eigenvalue weighted by molar-refractivity contribution is 5.80. The van der Waals surface area contributed by atoms with Crippen LogP contribution < -0.4 is 4.74 Å². The topological polar surface area (TPSA) is 21.6 Å². The molecule has 1 rings (SSSR count). The summed E-state index contributed by atoms with van der Waals surface area (Å²) in [4.78, 5) is 4.01. The minimum Gasteiger partial charge on any atom is -0.461 e. The summed E-state index contributed by atoms with van der Waals surface area (Å²) in [6, 6.07) is 6.77. The van der Waals surface area contributed by atoms with E-state index in [1.807, 2.05) is 0 Å². The molecule has 1 aromatic carbocycles. The van der Waals surface area contributed by atoms with Crippen LogP contribution in [-0.2, 0) is 0 Å². The Kier molecular flexibility index (Phi) is 8.62. The van der Waals surface area contributed by atoms with E-state index in [-0.39, 0.29) is 12.3 Å². The molecule has 0 saturated heterocycles. The smallest absolute Gasteiger partial charge is 0.239 e. The molecular formula is C21H24F3NO. The first-order valence-corrected chi connectivity index (χ1v) is 8.18. The van der Waals surface area contributed by atoms with Crippen LogP contribution >= 0.6 is 0 Å². The molecular weight excluding hydrogens is 339 g/mol. The fourth-order valence-electron chi connectivity index (χ4n) is 2.33. The number of hydrogen-bond donors (Lipinski definition) is 0. The van der Waals surface area contributed by atoms with E-state index >= 15 is 0 Å². The minimum absolute atomic E-state index is 0.215. The van der Waals surface area contributed by atoms with Gasteiger partial charge in [-0.25, -0.2) is 13.2 Å². The molecule has 140 valence electrons. The summed E-state index contributed by atoms with van der Waals surface area (Å²) in [6.07, 6.45) is 0.961. The Bertz CT molecular complexity index is 688. The lowest BCUT2D eigenvalue weighted by Crippen LogP contribution is -2.03. The van der Waals surface area contributed by atoms with Crippen molar-refractivity contribution in [3.63, 3.8) is 0 Å². The molecule has 2 nitrogen and oxygen atoms in total. The fourth-order valence-corrected chi connectivity index (χ4v) is 2.33. The third-order valence-electron chi connectivity index (χ3n) is 3.56. The van der Waals surface area contributed by atoms with Crippen molar-refractivity contribution < 1.29 is 17.9 Å². The van der Waals surface area contributed by atoms with Crippen LogP contribution in [0.25, 0.3) is 5.57 Å². The molecule has 0 heterocycles. The maximum atomic E-state index is 12.9. The second-order valence-electron chi connectivity index (χ2n) is 5.80. The van der Waals surface area contributed by atoms with Crippen LogP contribution in [0.2, 0.25) is 0 Å². The number of nitrogens with zero attached hydrogens (tertiary/aromatic N) is 1. The third kappa shape index (κ3) is 6.75. The van der Waals surface area contributed by atoms with Crippen LogP contribution in [0.15, 0.2) is 71.9 Å². The SMILES string of the molecule is C=C/C(=C(/N=C)C(=C)/C=C\C(C)CC(F)F)c1ccc(OC(C)F)cc1. The molecule has 0 saturated carbocycles. The van der Waals surface area contributed by atoms with Crippen molar-refractivity contribution in [1.82, 2.24) is 0 Å². The lowest BCUT2D eigenvalue weighted by Gasteiger charge is -2.12. The van der Waals surface area contributed by atoms with Gasteiger partial charge in [0, 0.05) is 18.9 Å². The Balaban J connectivity index is 3.09. The van der Waals surface area contributed by atoms with Gasteiger partial charge in [-0.05, 0) is 35.9 Å². The zero-order chi connectivity index (χ0) is 19.7. The normalized spacial score (nSPS) is 14.7. The molecule has 0 aliphatic heterocycles. The Morgan fingerprint density at radius 1 is 1.19 bits per heavy atom. The van der Waals surface area contributed by atoms with Crippen LogP contribution in [0.1, 0.15) is 25.8 Å². The molecule has 0 spiro atoms. The van der Waals surface area contributed by atoms with E-state index in [2.05, 4.69) is 24.9 Å². The number of rotatable bonds is 10. The molecule has 0 fully saturated rings. The summed E-state index contributed by atoms with van der Waals surface area (Å²) in [7, 11) is 0. The van der Waals surface area contributed by atoms with E-state index in [0.29, 0.717) is 22.6 Å². The first-order valence-electron chi connectivity index (χ1n) is 8.18. The van der Waals surface area contributed by atoms with Gasteiger partial charge in [-0.3, -0.25) is 4.99 Å². The third-order valence-corrected chi connectivity index (χ3v) is 3.56. The van der Waals surface area contributed by atoms with Crippen molar-refractivity contribution in [1.29, 1.82) is 0 Å². The highest BCUT2D eigenvalue weighted by Gasteiger charge is 2.10. The quantitative estimate of drug-likeness (QED) is 0.349. The van der Waals surface area contributed by atoms with Gasteiger partial charge in [-0.2, -0.15) is 0 Å². The van der Waals surface area contributed by atoms with Crippen molar-refractivity contribution in [2.45, 2.75) is 33.1 Å². The number of hydrogen-bond acceptors (Lipinski definition) is 2. The van der Waals surface area contributed by atoms with Gasteiger partial charge >= 0.3 is 0 Å². The summed E-state index contributed by atoms with van der Waals surface area (Å²) in [5, 5.41) is 0. The zero-order valence-corrected chi connectivity index (χ0v) is 15.1. The molecule has 0 aliphatic rings. The van der Waals surface area contributed by atoms with E-state index < -0.39 is 12.8 Å². The maximum absolute atomic E-state index is 12.9. The van der Waals surface area contributed by atoms with Gasteiger partial charge in [-0.1, -0.05) is 50.4 Å². The summed E-state index contributed by atoms with van der Waals surface area (Å²) in [6.45, 7) is 14.3. The molecule has 2 atom stereocenters. The first-order chi connectivity index (χ1) is 12.3.